The lowest BCUT2D eigenvalue weighted by Crippen LogP contribution is -2.37. The van der Waals surface area contributed by atoms with Crippen molar-refractivity contribution in [1.29, 1.82) is 0 Å². The first-order chi connectivity index (χ1) is 20.5. The van der Waals surface area contributed by atoms with Crippen LogP contribution in [-0.4, -0.2) is 70.0 Å². The Labute approximate surface area is 264 Å². The Morgan fingerprint density at radius 1 is 0.628 bits per heavy atom. The van der Waals surface area contributed by atoms with Crippen LogP contribution in [-0.2, 0) is 32.7 Å². The van der Waals surface area contributed by atoms with Crippen molar-refractivity contribution in [3.05, 3.63) is 0 Å². The van der Waals surface area contributed by atoms with Crippen molar-refractivity contribution in [2.45, 2.75) is 155 Å². The van der Waals surface area contributed by atoms with E-state index in [0.29, 0.717) is 17.4 Å². The molecule has 2 unspecified atom stereocenters. The van der Waals surface area contributed by atoms with Crippen molar-refractivity contribution >= 4 is 19.8 Å². The molecule has 0 bridgehead atoms. The fraction of sp³-hybridized carbons (Fsp3) is 0.939. The van der Waals surface area contributed by atoms with Crippen molar-refractivity contribution in [2.75, 3.05) is 47.5 Å². The molecule has 0 aromatic carbocycles. The zero-order chi connectivity index (χ0) is 32.2. The van der Waals surface area contributed by atoms with E-state index in [1.807, 2.05) is 21.1 Å². The number of carbonyl (C=O) groups is 2. The normalized spacial score (nSPS) is 13.9. The second-order valence-electron chi connectivity index (χ2n) is 12.9. The monoisotopic (exact) mass is 635 g/mol. The second-order valence-corrected chi connectivity index (χ2v) is 14.3. The van der Waals surface area contributed by atoms with Crippen LogP contribution in [0.4, 0.5) is 0 Å². The van der Waals surface area contributed by atoms with Crippen molar-refractivity contribution in [1.82, 2.24) is 0 Å². The standard InChI is InChI=1S/C33H66NO8P/c1-6-8-10-12-14-15-16-17-18-19-20-22-24-26-33(36)42-31(29-39-32(35)25-23-21-13-11-9-7-2)30-41-43(37,38)40-28-27-34(3,4)5/h31H,6-30H2,1-5H3. The molecule has 0 aromatic heterocycles. The number of quaternary nitrogens is 1. The summed E-state index contributed by atoms with van der Waals surface area (Å²) >= 11 is 0. The molecule has 0 rings (SSSR count). The lowest BCUT2D eigenvalue weighted by Gasteiger charge is -2.28. The maximum Gasteiger partial charge on any atom is 0.306 e. The van der Waals surface area contributed by atoms with Gasteiger partial charge in [-0.15, -0.1) is 0 Å². The third-order valence-corrected chi connectivity index (χ3v) is 8.34. The fourth-order valence-corrected chi connectivity index (χ4v) is 5.32. The molecule has 0 saturated carbocycles. The molecule has 0 aliphatic carbocycles. The summed E-state index contributed by atoms with van der Waals surface area (Å²) in [5.41, 5.74) is 0. The number of carbonyl (C=O) groups excluding carboxylic acids is 2. The first-order valence-corrected chi connectivity index (χ1v) is 18.7. The van der Waals surface area contributed by atoms with E-state index in [-0.39, 0.29) is 26.1 Å². The molecule has 0 amide bonds. The summed E-state index contributed by atoms with van der Waals surface area (Å²) in [6, 6.07) is 0. The first-order valence-electron chi connectivity index (χ1n) is 17.2. The van der Waals surface area contributed by atoms with Gasteiger partial charge in [0.25, 0.3) is 7.82 Å². The van der Waals surface area contributed by atoms with E-state index >= 15 is 0 Å². The molecule has 0 fully saturated rings. The van der Waals surface area contributed by atoms with Gasteiger partial charge < -0.3 is 27.9 Å². The highest BCUT2D eigenvalue weighted by molar-refractivity contribution is 7.45. The minimum Gasteiger partial charge on any atom is -0.756 e. The van der Waals surface area contributed by atoms with Crippen molar-refractivity contribution < 1.29 is 42.1 Å². The zero-order valence-electron chi connectivity index (χ0n) is 28.4. The molecule has 9 nitrogen and oxygen atoms in total. The van der Waals surface area contributed by atoms with Gasteiger partial charge in [-0.05, 0) is 12.8 Å². The zero-order valence-corrected chi connectivity index (χ0v) is 29.3. The molecule has 2 atom stereocenters. The van der Waals surface area contributed by atoms with E-state index in [4.69, 9.17) is 18.5 Å². The number of rotatable bonds is 31. The van der Waals surface area contributed by atoms with Crippen molar-refractivity contribution in [3.8, 4) is 0 Å². The molecule has 0 N–H and O–H groups in total. The van der Waals surface area contributed by atoms with Crippen LogP contribution in [0.5, 0.6) is 0 Å². The van der Waals surface area contributed by atoms with E-state index in [9.17, 15) is 19.0 Å². The first kappa shape index (κ1) is 42.0. The minimum atomic E-state index is -4.60. The van der Waals surface area contributed by atoms with E-state index in [1.165, 1.54) is 77.0 Å². The van der Waals surface area contributed by atoms with Gasteiger partial charge in [-0.1, -0.05) is 123 Å². The molecule has 0 spiro atoms. The molecule has 0 aliphatic heterocycles. The molecular formula is C33H66NO8P. The Bertz CT molecular complexity index is 728. The quantitative estimate of drug-likeness (QED) is 0.0327. The fourth-order valence-electron chi connectivity index (χ4n) is 4.59. The maximum atomic E-state index is 12.5. The predicted octanol–water partition coefficient (Wildman–Crippen LogP) is 7.88. The SMILES string of the molecule is CCCCCCCCCCCCCCCC(=O)OC(COC(=O)CCCCCCCC)COP(=O)([O-])OCC[N+](C)(C)C. The largest absolute Gasteiger partial charge is 0.756 e. The van der Waals surface area contributed by atoms with Gasteiger partial charge in [-0.2, -0.15) is 0 Å². The summed E-state index contributed by atoms with van der Waals surface area (Å²) in [7, 11) is 1.17. The third kappa shape index (κ3) is 30.8. The third-order valence-electron chi connectivity index (χ3n) is 7.38. The number of esters is 2. The van der Waals surface area contributed by atoms with Crippen LogP contribution in [0.15, 0.2) is 0 Å². The Hall–Kier alpha value is -0.990. The van der Waals surface area contributed by atoms with E-state index in [1.54, 1.807) is 0 Å². The van der Waals surface area contributed by atoms with Crippen molar-refractivity contribution in [3.63, 3.8) is 0 Å². The number of likely N-dealkylation sites (N-methyl/N-ethyl adjacent to an activating group) is 1. The van der Waals surface area contributed by atoms with E-state index in [0.717, 1.165) is 38.5 Å². The van der Waals surface area contributed by atoms with E-state index in [2.05, 4.69) is 13.8 Å². The molecule has 0 radical (unpaired) electrons. The topological polar surface area (TPSA) is 111 Å². The molecule has 10 heteroatoms. The number of nitrogens with zero attached hydrogens (tertiary/aromatic N) is 1. The summed E-state index contributed by atoms with van der Waals surface area (Å²) in [6.07, 6.45) is 21.5. The Morgan fingerprint density at radius 2 is 1.05 bits per heavy atom. The average molecular weight is 636 g/mol. The lowest BCUT2D eigenvalue weighted by molar-refractivity contribution is -0.870. The average Bonchev–Trinajstić information content (AvgIpc) is 2.93. The highest BCUT2D eigenvalue weighted by atomic mass is 31.2. The lowest BCUT2D eigenvalue weighted by atomic mass is 10.0. The van der Waals surface area contributed by atoms with Gasteiger partial charge in [0.2, 0.25) is 0 Å². The summed E-state index contributed by atoms with van der Waals surface area (Å²) in [5.74, 6) is -0.840. The Kier molecular flexibility index (Phi) is 26.7. The van der Waals surface area contributed by atoms with Crippen LogP contribution in [0, 0.1) is 0 Å². The number of unbranched alkanes of at least 4 members (excludes halogenated alkanes) is 17. The molecule has 256 valence electrons. The highest BCUT2D eigenvalue weighted by Crippen LogP contribution is 2.38. The van der Waals surface area contributed by atoms with Gasteiger partial charge in [-0.25, -0.2) is 0 Å². The number of hydrogen-bond acceptors (Lipinski definition) is 8. The molecule has 43 heavy (non-hydrogen) atoms. The highest BCUT2D eigenvalue weighted by Gasteiger charge is 2.21. The molecule has 0 saturated heterocycles. The number of phosphoric acid groups is 1. The van der Waals surface area contributed by atoms with E-state index < -0.39 is 32.5 Å². The van der Waals surface area contributed by atoms with Gasteiger partial charge >= 0.3 is 11.9 Å². The van der Waals surface area contributed by atoms with Crippen LogP contribution >= 0.6 is 7.82 Å². The minimum absolute atomic E-state index is 0.0268. The molecule has 0 aromatic rings. The smallest absolute Gasteiger partial charge is 0.306 e. The van der Waals surface area contributed by atoms with Crippen LogP contribution in [0.3, 0.4) is 0 Å². The molecule has 0 heterocycles. The van der Waals surface area contributed by atoms with Crippen LogP contribution < -0.4 is 4.89 Å². The Morgan fingerprint density at radius 3 is 1.49 bits per heavy atom. The number of phosphoric ester groups is 1. The van der Waals surface area contributed by atoms with Crippen LogP contribution in [0.25, 0.3) is 0 Å². The van der Waals surface area contributed by atoms with Crippen molar-refractivity contribution in [2.24, 2.45) is 0 Å². The summed E-state index contributed by atoms with van der Waals surface area (Å²) in [4.78, 5) is 37.0. The maximum absolute atomic E-state index is 12.5. The van der Waals surface area contributed by atoms with Crippen LogP contribution in [0.1, 0.15) is 149 Å². The molecular weight excluding hydrogens is 569 g/mol. The molecule has 0 aliphatic rings. The van der Waals surface area contributed by atoms with Crippen LogP contribution in [0.2, 0.25) is 0 Å². The predicted molar refractivity (Wildman–Crippen MR) is 172 cm³/mol. The number of hydrogen-bond donors (Lipinski definition) is 0. The van der Waals surface area contributed by atoms with Gasteiger partial charge in [-0.3, -0.25) is 14.2 Å². The van der Waals surface area contributed by atoms with Gasteiger partial charge in [0.1, 0.15) is 19.8 Å². The Balaban J connectivity index is 4.42. The second kappa shape index (κ2) is 27.3. The van der Waals surface area contributed by atoms with Gasteiger partial charge in [0.15, 0.2) is 6.10 Å². The van der Waals surface area contributed by atoms with Gasteiger partial charge in [0.05, 0.1) is 27.7 Å². The summed E-state index contributed by atoms with van der Waals surface area (Å²) in [6.45, 7) is 4.14. The summed E-state index contributed by atoms with van der Waals surface area (Å²) < 4.78 is 33.5. The van der Waals surface area contributed by atoms with Gasteiger partial charge in [0, 0.05) is 12.8 Å². The summed E-state index contributed by atoms with van der Waals surface area (Å²) in [5, 5.41) is 0. The number of ether oxygens (including phenoxy) is 2.